The number of fused-ring (bicyclic) bond motifs is 1. The highest BCUT2D eigenvalue weighted by Gasteiger charge is 2.15. The number of hydrogen-bond acceptors (Lipinski definition) is 6. The van der Waals surface area contributed by atoms with Gasteiger partial charge in [-0.2, -0.15) is 5.26 Å². The van der Waals surface area contributed by atoms with E-state index in [1.165, 1.54) is 18.2 Å². The number of nitriles is 1. The minimum atomic E-state index is -2.62. The highest BCUT2D eigenvalue weighted by molar-refractivity contribution is 6.69. The van der Waals surface area contributed by atoms with Crippen LogP contribution in [0.5, 0.6) is 0 Å². The molecule has 158 valence electrons. The fourth-order valence-electron chi connectivity index (χ4n) is 2.75. The number of hydrogen-bond donors (Lipinski definition) is 1. The average Bonchev–Trinajstić information content (AvgIpc) is 3.19. The number of rotatable bonds is 7. The zero-order chi connectivity index (χ0) is 24.9. The van der Waals surface area contributed by atoms with Gasteiger partial charge in [0.1, 0.15) is 0 Å². The lowest BCUT2D eigenvalue weighted by Crippen LogP contribution is -2.26. The highest BCUT2D eigenvalue weighted by Crippen LogP contribution is 2.21. The van der Waals surface area contributed by atoms with Crippen LogP contribution in [0.2, 0.25) is 0 Å². The topological polar surface area (TPSA) is 109 Å². The Hall–Kier alpha value is -3.70. The molecule has 0 bridgehead atoms. The van der Waals surface area contributed by atoms with E-state index in [0.717, 1.165) is 4.57 Å². The molecule has 3 aromatic rings. The number of imidazole rings is 1. The molecular formula is C22H20ClN5O3. The Bertz CT molecular complexity index is 1290. The Morgan fingerprint density at radius 3 is 2.77 bits per heavy atom. The van der Waals surface area contributed by atoms with E-state index in [0.29, 0.717) is 11.3 Å². The van der Waals surface area contributed by atoms with Crippen LogP contribution < -0.4 is 5.32 Å². The van der Waals surface area contributed by atoms with Crippen LogP contribution in [0.4, 0.5) is 5.69 Å². The standard InChI is InChI=1S/C22H20ClN5O3/c1-3-31-19(29)10-11-25-22(30)15-6-9-18-17(12-15)27-21(28(18)2)20(23)26-16-7-4-14(13-24)5-8-16/h4-9,12H,3,10-11H2,1-2H3,(H,25,30)/i2D3. The summed E-state index contributed by atoms with van der Waals surface area (Å²) in [4.78, 5) is 32.4. The minimum absolute atomic E-state index is 0.0288. The molecule has 1 N–H and O–H groups in total. The summed E-state index contributed by atoms with van der Waals surface area (Å²) in [6.45, 7) is -0.573. The summed E-state index contributed by atoms with van der Waals surface area (Å²) >= 11 is 6.35. The zero-order valence-corrected chi connectivity index (χ0v) is 17.3. The van der Waals surface area contributed by atoms with Gasteiger partial charge < -0.3 is 14.6 Å². The number of benzene rings is 2. The molecule has 0 atom stereocenters. The third kappa shape index (κ3) is 5.27. The van der Waals surface area contributed by atoms with E-state index in [-0.39, 0.29) is 47.2 Å². The van der Waals surface area contributed by atoms with Gasteiger partial charge in [-0.25, -0.2) is 9.98 Å². The number of aromatic nitrogens is 2. The van der Waals surface area contributed by atoms with Crippen molar-refractivity contribution >= 4 is 45.4 Å². The molecule has 31 heavy (non-hydrogen) atoms. The van der Waals surface area contributed by atoms with Crippen LogP contribution in [0, 0.1) is 11.3 Å². The van der Waals surface area contributed by atoms with Gasteiger partial charge >= 0.3 is 5.97 Å². The molecule has 0 saturated carbocycles. The van der Waals surface area contributed by atoms with E-state index >= 15 is 0 Å². The van der Waals surface area contributed by atoms with Crippen molar-refractivity contribution in [2.75, 3.05) is 13.2 Å². The Labute approximate surface area is 188 Å². The summed E-state index contributed by atoms with van der Waals surface area (Å²) in [5.74, 6) is -0.968. The van der Waals surface area contributed by atoms with Crippen LogP contribution in [0.25, 0.3) is 11.0 Å². The van der Waals surface area contributed by atoms with Gasteiger partial charge in [0, 0.05) is 23.2 Å². The van der Waals surface area contributed by atoms with Crippen molar-refractivity contribution in [2.24, 2.45) is 12.0 Å². The zero-order valence-electron chi connectivity index (χ0n) is 19.6. The van der Waals surface area contributed by atoms with Crippen LogP contribution in [-0.2, 0) is 16.5 Å². The van der Waals surface area contributed by atoms with Gasteiger partial charge in [-0.15, -0.1) is 0 Å². The smallest absolute Gasteiger partial charge is 0.307 e. The van der Waals surface area contributed by atoms with Gasteiger partial charge in [0.05, 0.1) is 41.4 Å². The number of ether oxygens (including phenoxy) is 1. The Morgan fingerprint density at radius 1 is 1.32 bits per heavy atom. The normalized spacial score (nSPS) is 13.1. The summed E-state index contributed by atoms with van der Waals surface area (Å²) in [5, 5.41) is 11.4. The third-order valence-electron chi connectivity index (χ3n) is 4.24. The van der Waals surface area contributed by atoms with Gasteiger partial charge in [-0.05, 0) is 49.4 Å². The molecule has 0 unspecified atom stereocenters. The minimum Gasteiger partial charge on any atom is -0.466 e. The molecule has 9 heteroatoms. The maximum atomic E-state index is 12.5. The van der Waals surface area contributed by atoms with E-state index in [1.807, 2.05) is 6.07 Å². The van der Waals surface area contributed by atoms with Gasteiger partial charge in [0.15, 0.2) is 11.0 Å². The number of nitrogens with one attached hydrogen (secondary N) is 1. The van der Waals surface area contributed by atoms with E-state index in [1.54, 1.807) is 31.2 Å². The molecule has 0 saturated heterocycles. The van der Waals surface area contributed by atoms with E-state index in [4.69, 9.17) is 25.7 Å². The quantitative estimate of drug-likeness (QED) is 0.447. The Balaban J connectivity index is 1.93. The van der Waals surface area contributed by atoms with Crippen molar-refractivity contribution in [1.82, 2.24) is 14.9 Å². The second kappa shape index (κ2) is 9.87. The lowest BCUT2D eigenvalue weighted by Gasteiger charge is -2.05. The molecule has 8 nitrogen and oxygen atoms in total. The fourth-order valence-corrected chi connectivity index (χ4v) is 2.97. The van der Waals surface area contributed by atoms with Crippen molar-refractivity contribution in [3.05, 3.63) is 59.4 Å². The average molecular weight is 441 g/mol. The van der Waals surface area contributed by atoms with Crippen LogP contribution in [0.1, 0.15) is 39.2 Å². The first-order valence-electron chi connectivity index (χ1n) is 10.9. The number of amides is 1. The SMILES string of the molecule is [2H]C([2H])([2H])n1c(C(Cl)=Nc2ccc(C#N)cc2)nc2cc(C(=O)NCCC(=O)OCC)ccc21. The number of carbonyl (C=O) groups is 2. The molecule has 0 fully saturated rings. The summed E-state index contributed by atoms with van der Waals surface area (Å²) in [7, 11) is 0. The van der Waals surface area contributed by atoms with E-state index in [9.17, 15) is 9.59 Å². The number of aliphatic imine (C=N–C) groups is 1. The summed E-state index contributed by atoms with van der Waals surface area (Å²) < 4.78 is 29.6. The molecular weight excluding hydrogens is 418 g/mol. The van der Waals surface area contributed by atoms with E-state index in [2.05, 4.69) is 15.3 Å². The van der Waals surface area contributed by atoms with Crippen LogP contribution in [-0.4, -0.2) is 39.8 Å². The van der Waals surface area contributed by atoms with Gasteiger partial charge in [-0.1, -0.05) is 11.6 Å². The molecule has 0 radical (unpaired) electrons. The predicted molar refractivity (Wildman–Crippen MR) is 118 cm³/mol. The molecule has 1 heterocycles. The molecule has 0 aliphatic rings. The van der Waals surface area contributed by atoms with Crippen molar-refractivity contribution in [2.45, 2.75) is 13.3 Å². The second-order valence-electron chi connectivity index (χ2n) is 6.35. The molecule has 2 aromatic carbocycles. The van der Waals surface area contributed by atoms with Crippen LogP contribution >= 0.6 is 11.6 Å². The number of nitrogens with zero attached hydrogens (tertiary/aromatic N) is 4. The van der Waals surface area contributed by atoms with Crippen LogP contribution in [0.15, 0.2) is 47.5 Å². The van der Waals surface area contributed by atoms with E-state index < -0.39 is 18.9 Å². The lowest BCUT2D eigenvalue weighted by atomic mass is 10.2. The van der Waals surface area contributed by atoms with Gasteiger partial charge in [0.2, 0.25) is 0 Å². The second-order valence-corrected chi connectivity index (χ2v) is 6.70. The molecule has 0 aliphatic carbocycles. The van der Waals surface area contributed by atoms with Crippen molar-refractivity contribution in [3.63, 3.8) is 0 Å². The van der Waals surface area contributed by atoms with Crippen molar-refractivity contribution < 1.29 is 18.4 Å². The van der Waals surface area contributed by atoms with Gasteiger partial charge in [-0.3, -0.25) is 9.59 Å². The maximum absolute atomic E-state index is 12.5. The molecule has 1 amide bonds. The fraction of sp³-hybridized carbons (Fsp3) is 0.227. The third-order valence-corrected chi connectivity index (χ3v) is 4.50. The molecule has 0 spiro atoms. The lowest BCUT2D eigenvalue weighted by molar-refractivity contribution is -0.142. The largest absolute Gasteiger partial charge is 0.466 e. The number of carbonyl (C=O) groups excluding carboxylic acids is 2. The first kappa shape index (κ1) is 18.1. The first-order valence-corrected chi connectivity index (χ1v) is 9.73. The number of halogens is 1. The maximum Gasteiger partial charge on any atom is 0.307 e. The monoisotopic (exact) mass is 440 g/mol. The molecule has 1 aromatic heterocycles. The molecule has 3 rings (SSSR count). The van der Waals surface area contributed by atoms with Crippen molar-refractivity contribution in [1.29, 1.82) is 5.26 Å². The summed E-state index contributed by atoms with van der Waals surface area (Å²) in [6.07, 6.45) is 0.0288. The number of esters is 1. The Morgan fingerprint density at radius 2 is 2.10 bits per heavy atom. The van der Waals surface area contributed by atoms with Crippen molar-refractivity contribution in [3.8, 4) is 6.07 Å². The summed E-state index contributed by atoms with van der Waals surface area (Å²) in [5.41, 5.74) is 1.56. The van der Waals surface area contributed by atoms with Crippen LogP contribution in [0.3, 0.4) is 0 Å². The summed E-state index contributed by atoms with van der Waals surface area (Å²) in [6, 6.07) is 12.6. The highest BCUT2D eigenvalue weighted by atomic mass is 35.5. The molecule has 0 aliphatic heterocycles. The predicted octanol–water partition coefficient (Wildman–Crippen LogP) is 3.45. The number of aryl methyl sites for hydroxylation is 1. The first-order chi connectivity index (χ1) is 16.1. The Kier molecular flexibility index (Phi) is 5.76. The van der Waals surface area contributed by atoms with Gasteiger partial charge in [0.25, 0.3) is 5.91 Å².